The summed E-state index contributed by atoms with van der Waals surface area (Å²) >= 11 is 1.37. The monoisotopic (exact) mass is 373 g/mol. The van der Waals surface area contributed by atoms with Gasteiger partial charge in [0.25, 0.3) is 0 Å². The average molecular weight is 373 g/mol. The molecule has 1 atom stereocenters. The summed E-state index contributed by atoms with van der Waals surface area (Å²) < 4.78 is 27.8. The van der Waals surface area contributed by atoms with Crippen LogP contribution in [0.4, 0.5) is 8.78 Å². The van der Waals surface area contributed by atoms with E-state index in [1.54, 1.807) is 42.8 Å². The van der Waals surface area contributed by atoms with Gasteiger partial charge < -0.3 is 5.11 Å². The SMILES string of the molecule is CC(=CSc1ccc(F)cc1)C(O)(Cn1ccnn1)c1ccc(F)cc1. The number of hydrogen-bond donors (Lipinski definition) is 1. The summed E-state index contributed by atoms with van der Waals surface area (Å²) in [6.45, 7) is 1.92. The van der Waals surface area contributed by atoms with Gasteiger partial charge in [0.2, 0.25) is 0 Å². The smallest absolute Gasteiger partial charge is 0.131 e. The van der Waals surface area contributed by atoms with E-state index in [-0.39, 0.29) is 18.2 Å². The van der Waals surface area contributed by atoms with Crippen molar-refractivity contribution in [3.8, 4) is 0 Å². The first kappa shape index (κ1) is 18.3. The van der Waals surface area contributed by atoms with Gasteiger partial charge in [0.1, 0.15) is 17.2 Å². The molecule has 1 N–H and O–H groups in total. The molecule has 0 fully saturated rings. The molecular weight excluding hydrogens is 356 g/mol. The standard InChI is InChI=1S/C19H17F2N3OS/c1-14(12-26-18-8-6-17(21)7-9-18)19(25,13-24-11-10-22-23-24)15-2-4-16(20)5-3-15/h2-12,25H,13H2,1H3. The second-order valence-corrected chi connectivity index (χ2v) is 6.78. The van der Waals surface area contributed by atoms with Crippen LogP contribution in [0.15, 0.2) is 76.8 Å². The predicted octanol–water partition coefficient (Wildman–Crippen LogP) is 4.14. The molecule has 0 radical (unpaired) electrons. The third-order valence-electron chi connectivity index (χ3n) is 4.02. The lowest BCUT2D eigenvalue weighted by Gasteiger charge is -2.29. The summed E-state index contributed by atoms with van der Waals surface area (Å²) in [6, 6.07) is 11.8. The number of thioether (sulfide) groups is 1. The van der Waals surface area contributed by atoms with Gasteiger partial charge in [0, 0.05) is 11.1 Å². The molecule has 0 aliphatic carbocycles. The highest BCUT2D eigenvalue weighted by Gasteiger charge is 2.32. The molecule has 134 valence electrons. The van der Waals surface area contributed by atoms with Gasteiger partial charge in [-0.15, -0.1) is 5.10 Å². The first-order valence-corrected chi connectivity index (χ1v) is 8.77. The molecular formula is C19H17F2N3OS. The molecule has 0 bridgehead atoms. The summed E-state index contributed by atoms with van der Waals surface area (Å²) in [6.07, 6.45) is 3.17. The molecule has 1 aromatic heterocycles. The van der Waals surface area contributed by atoms with Gasteiger partial charge in [-0.05, 0) is 59.9 Å². The van der Waals surface area contributed by atoms with E-state index < -0.39 is 5.60 Å². The zero-order valence-corrected chi connectivity index (χ0v) is 14.8. The Morgan fingerprint density at radius 2 is 1.73 bits per heavy atom. The van der Waals surface area contributed by atoms with Crippen LogP contribution >= 0.6 is 11.8 Å². The van der Waals surface area contributed by atoms with E-state index in [1.807, 2.05) is 0 Å². The predicted molar refractivity (Wildman–Crippen MR) is 96.3 cm³/mol. The summed E-state index contributed by atoms with van der Waals surface area (Å²) in [5.41, 5.74) is -0.203. The third kappa shape index (κ3) is 4.17. The maximum absolute atomic E-state index is 13.3. The largest absolute Gasteiger partial charge is 0.379 e. The number of halogens is 2. The fourth-order valence-corrected chi connectivity index (χ4v) is 3.29. The van der Waals surface area contributed by atoms with Crippen LogP contribution in [0.3, 0.4) is 0 Å². The Morgan fingerprint density at radius 3 is 2.31 bits per heavy atom. The van der Waals surface area contributed by atoms with Crippen LogP contribution in [-0.4, -0.2) is 20.1 Å². The van der Waals surface area contributed by atoms with Crippen LogP contribution in [0.5, 0.6) is 0 Å². The maximum Gasteiger partial charge on any atom is 0.131 e. The molecule has 0 saturated heterocycles. The number of nitrogens with zero attached hydrogens (tertiary/aromatic N) is 3. The summed E-state index contributed by atoms with van der Waals surface area (Å²) in [5, 5.41) is 20.9. The molecule has 1 heterocycles. The fraction of sp³-hybridized carbons (Fsp3) is 0.158. The van der Waals surface area contributed by atoms with Gasteiger partial charge in [-0.25, -0.2) is 13.5 Å². The van der Waals surface area contributed by atoms with Crippen molar-refractivity contribution in [2.45, 2.75) is 24.0 Å². The minimum absolute atomic E-state index is 0.130. The highest BCUT2D eigenvalue weighted by atomic mass is 32.2. The van der Waals surface area contributed by atoms with E-state index in [1.165, 1.54) is 46.9 Å². The number of aliphatic hydroxyl groups is 1. The lowest BCUT2D eigenvalue weighted by atomic mass is 9.87. The van der Waals surface area contributed by atoms with Crippen LogP contribution in [-0.2, 0) is 12.1 Å². The van der Waals surface area contributed by atoms with Crippen molar-refractivity contribution in [3.05, 3.63) is 89.1 Å². The average Bonchev–Trinajstić information content (AvgIpc) is 3.14. The van der Waals surface area contributed by atoms with Gasteiger partial charge in [-0.1, -0.05) is 29.1 Å². The Labute approximate surface area is 154 Å². The highest BCUT2D eigenvalue weighted by Crippen LogP contribution is 2.34. The van der Waals surface area contributed by atoms with Gasteiger partial charge in [0.15, 0.2) is 0 Å². The lowest BCUT2D eigenvalue weighted by molar-refractivity contribution is 0.0526. The van der Waals surface area contributed by atoms with Crippen molar-refractivity contribution in [2.75, 3.05) is 0 Å². The number of aromatic nitrogens is 3. The molecule has 0 saturated carbocycles. The Kier molecular flexibility index (Phi) is 5.49. The number of hydrogen-bond acceptors (Lipinski definition) is 4. The van der Waals surface area contributed by atoms with Gasteiger partial charge in [0.05, 0.1) is 12.7 Å². The molecule has 0 aliphatic rings. The van der Waals surface area contributed by atoms with E-state index >= 15 is 0 Å². The maximum atomic E-state index is 13.3. The lowest BCUT2D eigenvalue weighted by Crippen LogP contribution is -2.33. The Morgan fingerprint density at radius 1 is 1.12 bits per heavy atom. The van der Waals surface area contributed by atoms with E-state index in [0.717, 1.165) is 4.90 Å². The molecule has 3 rings (SSSR count). The molecule has 3 aromatic rings. The van der Waals surface area contributed by atoms with E-state index in [2.05, 4.69) is 10.3 Å². The Bertz CT molecular complexity index is 880. The van der Waals surface area contributed by atoms with Crippen LogP contribution in [0.1, 0.15) is 12.5 Å². The summed E-state index contributed by atoms with van der Waals surface area (Å²) in [7, 11) is 0. The zero-order valence-electron chi connectivity index (χ0n) is 14.0. The minimum atomic E-state index is -1.39. The molecule has 0 spiro atoms. The van der Waals surface area contributed by atoms with Crippen molar-refractivity contribution in [3.63, 3.8) is 0 Å². The summed E-state index contributed by atoms with van der Waals surface area (Å²) in [4.78, 5) is 0.841. The fourth-order valence-electron chi connectivity index (χ4n) is 2.49. The van der Waals surface area contributed by atoms with Crippen molar-refractivity contribution in [1.82, 2.24) is 15.0 Å². The third-order valence-corrected chi connectivity index (χ3v) is 5.04. The Hall–Kier alpha value is -2.51. The quantitative estimate of drug-likeness (QED) is 0.660. The van der Waals surface area contributed by atoms with Crippen LogP contribution in [0.25, 0.3) is 0 Å². The highest BCUT2D eigenvalue weighted by molar-refractivity contribution is 8.02. The molecule has 1 unspecified atom stereocenters. The van der Waals surface area contributed by atoms with Crippen molar-refractivity contribution in [1.29, 1.82) is 0 Å². The van der Waals surface area contributed by atoms with Crippen LogP contribution in [0.2, 0.25) is 0 Å². The number of rotatable bonds is 6. The molecule has 4 nitrogen and oxygen atoms in total. The second kappa shape index (κ2) is 7.80. The minimum Gasteiger partial charge on any atom is -0.379 e. The molecule has 7 heteroatoms. The van der Waals surface area contributed by atoms with Crippen molar-refractivity contribution < 1.29 is 13.9 Å². The molecule has 0 amide bonds. The first-order chi connectivity index (χ1) is 12.5. The van der Waals surface area contributed by atoms with Crippen molar-refractivity contribution in [2.24, 2.45) is 0 Å². The summed E-state index contributed by atoms with van der Waals surface area (Å²) in [5.74, 6) is -0.678. The molecule has 2 aromatic carbocycles. The molecule has 0 aliphatic heterocycles. The topological polar surface area (TPSA) is 50.9 Å². The van der Waals surface area contributed by atoms with Crippen LogP contribution < -0.4 is 0 Å². The second-order valence-electron chi connectivity index (χ2n) is 5.84. The van der Waals surface area contributed by atoms with Gasteiger partial charge in [-0.2, -0.15) is 0 Å². The zero-order chi connectivity index (χ0) is 18.6. The van der Waals surface area contributed by atoms with E-state index in [4.69, 9.17) is 0 Å². The van der Waals surface area contributed by atoms with Gasteiger partial charge >= 0.3 is 0 Å². The van der Waals surface area contributed by atoms with Crippen LogP contribution in [0, 0.1) is 11.6 Å². The number of benzene rings is 2. The van der Waals surface area contributed by atoms with E-state index in [0.29, 0.717) is 11.1 Å². The first-order valence-electron chi connectivity index (χ1n) is 7.89. The normalized spacial score (nSPS) is 14.2. The van der Waals surface area contributed by atoms with E-state index in [9.17, 15) is 13.9 Å². The Balaban J connectivity index is 1.91. The molecule has 26 heavy (non-hydrogen) atoms. The van der Waals surface area contributed by atoms with Crippen molar-refractivity contribution >= 4 is 11.8 Å². The van der Waals surface area contributed by atoms with Gasteiger partial charge in [-0.3, -0.25) is 0 Å².